The van der Waals surface area contributed by atoms with Crippen LogP contribution in [-0.2, 0) is 6.42 Å². The molecule has 1 aliphatic rings. The number of nitro groups is 1. The molecule has 0 saturated heterocycles. The van der Waals surface area contributed by atoms with E-state index in [1.54, 1.807) is 36.4 Å². The van der Waals surface area contributed by atoms with E-state index in [4.69, 9.17) is 11.5 Å². The number of fused-ring (bicyclic) bond motifs is 2. The van der Waals surface area contributed by atoms with Crippen LogP contribution in [-0.4, -0.2) is 16.7 Å². The third kappa shape index (κ3) is 2.87. The van der Waals surface area contributed by atoms with Gasteiger partial charge in [0, 0.05) is 45.4 Å². The van der Waals surface area contributed by atoms with Crippen molar-refractivity contribution in [3.8, 4) is 10.4 Å². The first-order valence-corrected chi connectivity index (χ1v) is 9.07. The Balaban J connectivity index is 1.88. The number of nitrogens with one attached hydrogen (secondary N) is 1. The lowest BCUT2D eigenvalue weighted by Crippen LogP contribution is -2.17. The van der Waals surface area contributed by atoms with Crippen LogP contribution < -0.4 is 16.8 Å². The predicted molar refractivity (Wildman–Crippen MR) is 106 cm³/mol. The molecule has 28 heavy (non-hydrogen) atoms. The molecular weight excluding hydrogens is 380 g/mol. The molecule has 3 aromatic rings. The van der Waals surface area contributed by atoms with Crippen LogP contribution in [0.25, 0.3) is 10.4 Å². The lowest BCUT2D eigenvalue weighted by Gasteiger charge is -2.25. The smallest absolute Gasteiger partial charge is 0.324 e. The number of hydrogen-bond donors (Lipinski definition) is 3. The number of amides is 2. The van der Waals surface area contributed by atoms with E-state index in [2.05, 4.69) is 5.32 Å². The average Bonchev–Trinajstić information content (AvgIpc) is 3.14. The lowest BCUT2D eigenvalue weighted by molar-refractivity contribution is -0.380. The highest BCUT2D eigenvalue weighted by molar-refractivity contribution is 7.18. The monoisotopic (exact) mass is 394 g/mol. The SMILES string of the molecule is NC(=O)c1ccc2c(c1)Nc1ccc(C(N)=O)c(-c3ccc([N+](=O)[O-])s3)c1C2. The third-order valence-electron chi connectivity index (χ3n) is 4.63. The second kappa shape index (κ2) is 6.46. The van der Waals surface area contributed by atoms with E-state index in [9.17, 15) is 19.7 Å². The van der Waals surface area contributed by atoms with Gasteiger partial charge >= 0.3 is 5.00 Å². The molecule has 9 heteroatoms. The topological polar surface area (TPSA) is 141 Å². The molecule has 8 nitrogen and oxygen atoms in total. The Morgan fingerprint density at radius 1 is 1.04 bits per heavy atom. The zero-order chi connectivity index (χ0) is 20.0. The van der Waals surface area contributed by atoms with E-state index in [0.717, 1.165) is 33.8 Å². The number of nitrogens with zero attached hydrogens (tertiary/aromatic N) is 1. The summed E-state index contributed by atoms with van der Waals surface area (Å²) in [4.78, 5) is 34.7. The molecule has 0 bridgehead atoms. The van der Waals surface area contributed by atoms with Crippen LogP contribution in [0.4, 0.5) is 16.4 Å². The van der Waals surface area contributed by atoms with E-state index >= 15 is 0 Å². The van der Waals surface area contributed by atoms with E-state index in [1.807, 2.05) is 0 Å². The first-order chi connectivity index (χ1) is 13.3. The van der Waals surface area contributed by atoms with Gasteiger partial charge in [0.05, 0.1) is 4.92 Å². The normalized spacial score (nSPS) is 11.9. The van der Waals surface area contributed by atoms with Crippen LogP contribution in [0.3, 0.4) is 0 Å². The van der Waals surface area contributed by atoms with Gasteiger partial charge in [-0.1, -0.05) is 17.4 Å². The minimum Gasteiger partial charge on any atom is -0.366 e. The maximum absolute atomic E-state index is 12.0. The Bertz CT molecular complexity index is 1170. The molecule has 1 aliphatic heterocycles. The summed E-state index contributed by atoms with van der Waals surface area (Å²) in [5.41, 5.74) is 15.4. The van der Waals surface area contributed by atoms with Gasteiger partial charge in [0.1, 0.15) is 0 Å². The van der Waals surface area contributed by atoms with Crippen molar-refractivity contribution in [1.29, 1.82) is 0 Å². The molecule has 0 aliphatic carbocycles. The summed E-state index contributed by atoms with van der Waals surface area (Å²) in [5.74, 6) is -1.13. The van der Waals surface area contributed by atoms with Crippen molar-refractivity contribution in [2.24, 2.45) is 11.5 Å². The summed E-state index contributed by atoms with van der Waals surface area (Å²) in [7, 11) is 0. The van der Waals surface area contributed by atoms with E-state index in [-0.39, 0.29) is 5.00 Å². The summed E-state index contributed by atoms with van der Waals surface area (Å²) in [6, 6.07) is 11.5. The van der Waals surface area contributed by atoms with Crippen molar-refractivity contribution in [3.05, 3.63) is 74.8 Å². The Morgan fingerprint density at radius 2 is 1.82 bits per heavy atom. The average molecular weight is 394 g/mol. The highest BCUT2D eigenvalue weighted by Gasteiger charge is 2.25. The van der Waals surface area contributed by atoms with Gasteiger partial charge in [-0.25, -0.2) is 0 Å². The fourth-order valence-electron chi connectivity index (χ4n) is 3.33. The van der Waals surface area contributed by atoms with E-state index < -0.39 is 16.7 Å². The third-order valence-corrected chi connectivity index (χ3v) is 5.68. The van der Waals surface area contributed by atoms with E-state index in [0.29, 0.717) is 28.0 Å². The first-order valence-electron chi connectivity index (χ1n) is 8.25. The van der Waals surface area contributed by atoms with Crippen molar-refractivity contribution >= 4 is 39.5 Å². The molecule has 2 aromatic carbocycles. The van der Waals surface area contributed by atoms with E-state index in [1.165, 1.54) is 6.07 Å². The number of carbonyl (C=O) groups excluding carboxylic acids is 2. The zero-order valence-corrected chi connectivity index (χ0v) is 15.2. The van der Waals surface area contributed by atoms with Gasteiger partial charge in [-0.05, 0) is 41.5 Å². The van der Waals surface area contributed by atoms with Crippen molar-refractivity contribution in [1.82, 2.24) is 0 Å². The van der Waals surface area contributed by atoms with Gasteiger partial charge < -0.3 is 16.8 Å². The predicted octanol–water partition coefficient (Wildman–Crippen LogP) is 3.17. The quantitative estimate of drug-likeness (QED) is 0.360. The fraction of sp³-hybridized carbons (Fsp3) is 0.0526. The number of anilines is 2. The largest absolute Gasteiger partial charge is 0.366 e. The molecule has 5 N–H and O–H groups in total. The van der Waals surface area contributed by atoms with Gasteiger partial charge in [0.15, 0.2) is 0 Å². The van der Waals surface area contributed by atoms with Crippen molar-refractivity contribution in [2.75, 3.05) is 5.32 Å². The Hall–Kier alpha value is -3.72. The molecular formula is C19H14N4O4S. The summed E-state index contributed by atoms with van der Waals surface area (Å²) in [5, 5.41) is 14.3. The molecule has 2 amide bonds. The fourth-order valence-corrected chi connectivity index (χ4v) is 4.24. The van der Waals surface area contributed by atoms with Crippen molar-refractivity contribution in [3.63, 3.8) is 0 Å². The maximum Gasteiger partial charge on any atom is 0.324 e. The van der Waals surface area contributed by atoms with Gasteiger partial charge in [-0.3, -0.25) is 19.7 Å². The summed E-state index contributed by atoms with van der Waals surface area (Å²) in [6.07, 6.45) is 0.471. The highest BCUT2D eigenvalue weighted by atomic mass is 32.1. The summed E-state index contributed by atoms with van der Waals surface area (Å²) >= 11 is 0.990. The van der Waals surface area contributed by atoms with Crippen LogP contribution in [0.2, 0.25) is 0 Å². The number of rotatable bonds is 4. The molecule has 4 rings (SSSR count). The molecule has 0 unspecified atom stereocenters. The van der Waals surface area contributed by atoms with Crippen LogP contribution in [0, 0.1) is 10.1 Å². The molecule has 2 heterocycles. The number of nitrogens with two attached hydrogens (primary N) is 2. The van der Waals surface area contributed by atoms with Gasteiger partial charge in [0.25, 0.3) is 0 Å². The van der Waals surface area contributed by atoms with Crippen LogP contribution in [0.5, 0.6) is 0 Å². The minimum absolute atomic E-state index is 0.0155. The second-order valence-electron chi connectivity index (χ2n) is 6.31. The standard InChI is InChI=1S/C19H14N4O4S/c20-18(24)10-2-1-9-7-12-13(22-14(9)8-10)4-3-11(19(21)25)17(12)15-5-6-16(28-15)23(26)27/h1-6,8,22H,7H2,(H2,20,24)(H2,21,25). The van der Waals surface area contributed by atoms with Crippen molar-refractivity contribution in [2.45, 2.75) is 6.42 Å². The Morgan fingerprint density at radius 3 is 2.46 bits per heavy atom. The van der Waals surface area contributed by atoms with Gasteiger partial charge in [-0.2, -0.15) is 0 Å². The minimum atomic E-state index is -0.608. The number of thiophene rings is 1. The van der Waals surface area contributed by atoms with Gasteiger partial charge in [-0.15, -0.1) is 0 Å². The zero-order valence-electron chi connectivity index (χ0n) is 14.4. The molecule has 0 atom stereocenters. The number of hydrogen-bond acceptors (Lipinski definition) is 6. The molecule has 1 aromatic heterocycles. The summed E-state index contributed by atoms with van der Waals surface area (Å²) in [6.45, 7) is 0. The van der Waals surface area contributed by atoms with Crippen LogP contribution in [0.15, 0.2) is 42.5 Å². The van der Waals surface area contributed by atoms with Gasteiger partial charge in [0.2, 0.25) is 11.8 Å². The molecule has 0 spiro atoms. The van der Waals surface area contributed by atoms with Crippen molar-refractivity contribution < 1.29 is 14.5 Å². The summed E-state index contributed by atoms with van der Waals surface area (Å²) < 4.78 is 0. The molecule has 0 saturated carbocycles. The Labute approximate surface area is 162 Å². The first kappa shape index (κ1) is 17.7. The van der Waals surface area contributed by atoms with Crippen LogP contribution >= 0.6 is 11.3 Å². The maximum atomic E-state index is 12.0. The number of carbonyl (C=O) groups is 2. The van der Waals surface area contributed by atoms with Crippen LogP contribution in [0.1, 0.15) is 31.8 Å². The highest BCUT2D eigenvalue weighted by Crippen LogP contribution is 2.43. The number of primary amides is 2. The Kier molecular flexibility index (Phi) is 4.08. The lowest BCUT2D eigenvalue weighted by atomic mass is 9.89. The number of benzene rings is 2. The molecule has 140 valence electrons. The second-order valence-corrected chi connectivity index (χ2v) is 7.37. The molecule has 0 fully saturated rings. The molecule has 0 radical (unpaired) electrons.